The minimum absolute atomic E-state index is 0.0639. The van der Waals surface area contributed by atoms with Crippen LogP contribution in [0.25, 0.3) is 11.4 Å². The number of aromatic nitrogens is 4. The highest BCUT2D eigenvalue weighted by atomic mass is 19.1. The van der Waals surface area contributed by atoms with E-state index in [1.165, 1.54) is 10.6 Å². The topological polar surface area (TPSA) is 75.6 Å². The molecule has 3 rings (SSSR count). The molecule has 0 aliphatic carbocycles. The van der Waals surface area contributed by atoms with E-state index in [4.69, 9.17) is 0 Å². The molecule has 0 aliphatic heterocycles. The Hall–Kier alpha value is -3.03. The van der Waals surface area contributed by atoms with Gasteiger partial charge in [0, 0.05) is 30.9 Å². The van der Waals surface area contributed by atoms with Crippen LogP contribution in [0, 0.1) is 11.6 Å². The van der Waals surface area contributed by atoms with Crippen molar-refractivity contribution in [2.75, 3.05) is 5.32 Å². The molecule has 2 heterocycles. The van der Waals surface area contributed by atoms with E-state index >= 15 is 0 Å². The van der Waals surface area contributed by atoms with E-state index in [2.05, 4.69) is 20.5 Å². The summed E-state index contributed by atoms with van der Waals surface area (Å²) in [7, 11) is 1.61. The van der Waals surface area contributed by atoms with Gasteiger partial charge in [0.05, 0.1) is 5.69 Å². The number of pyridine rings is 1. The van der Waals surface area contributed by atoms with Crippen molar-refractivity contribution in [3.8, 4) is 11.4 Å². The van der Waals surface area contributed by atoms with Crippen molar-refractivity contribution in [3.63, 3.8) is 0 Å². The number of hydrogen-bond donors (Lipinski definition) is 2. The number of hydrogen-bond acceptors (Lipinski definition) is 4. The van der Waals surface area contributed by atoms with Crippen LogP contribution in [0.2, 0.25) is 0 Å². The Balaban J connectivity index is 1.89. The van der Waals surface area contributed by atoms with Crippen LogP contribution in [0.5, 0.6) is 0 Å². The fourth-order valence-corrected chi connectivity index (χ4v) is 1.89. The molecule has 2 aromatic heterocycles. The fourth-order valence-electron chi connectivity index (χ4n) is 1.89. The molecular weight excluding hydrogens is 292 g/mol. The molecule has 1 aromatic carbocycles. The van der Waals surface area contributed by atoms with E-state index in [0.717, 1.165) is 18.2 Å². The first-order valence-corrected chi connectivity index (χ1v) is 6.34. The lowest BCUT2D eigenvalue weighted by molar-refractivity contribution is 0.603. The van der Waals surface area contributed by atoms with Gasteiger partial charge in [0.25, 0.3) is 0 Å². The van der Waals surface area contributed by atoms with Gasteiger partial charge in [0.1, 0.15) is 11.6 Å². The number of benzene rings is 1. The summed E-state index contributed by atoms with van der Waals surface area (Å²) >= 11 is 0. The molecular formula is C14H11F2N5O. The zero-order valence-corrected chi connectivity index (χ0v) is 11.5. The Morgan fingerprint density at radius 2 is 2.05 bits per heavy atom. The zero-order valence-electron chi connectivity index (χ0n) is 11.5. The maximum atomic E-state index is 13.5. The quantitative estimate of drug-likeness (QED) is 0.777. The molecule has 0 radical (unpaired) electrons. The molecule has 8 heteroatoms. The van der Waals surface area contributed by atoms with Crippen LogP contribution in [0.1, 0.15) is 0 Å². The molecule has 0 fully saturated rings. The molecule has 0 amide bonds. The Bertz CT molecular complexity index is 887. The third-order valence-electron chi connectivity index (χ3n) is 3.02. The number of anilines is 2. The minimum atomic E-state index is -0.616. The second-order valence-corrected chi connectivity index (χ2v) is 4.62. The Labute approximate surface area is 123 Å². The maximum absolute atomic E-state index is 13.5. The SMILES string of the molecule is Cn1cc(-c2nc(Nc3cc(F)ccc3F)n[nH]2)ccc1=O. The largest absolute Gasteiger partial charge is 0.320 e. The third-order valence-corrected chi connectivity index (χ3v) is 3.02. The molecule has 6 nitrogen and oxygen atoms in total. The molecule has 112 valence electrons. The van der Waals surface area contributed by atoms with E-state index in [1.54, 1.807) is 19.3 Å². The van der Waals surface area contributed by atoms with Crippen molar-refractivity contribution >= 4 is 11.6 Å². The first kappa shape index (κ1) is 13.9. The molecule has 2 N–H and O–H groups in total. The van der Waals surface area contributed by atoms with E-state index in [9.17, 15) is 13.6 Å². The van der Waals surface area contributed by atoms with Crippen LogP contribution >= 0.6 is 0 Å². The van der Waals surface area contributed by atoms with E-state index in [0.29, 0.717) is 11.4 Å². The van der Waals surface area contributed by atoms with E-state index < -0.39 is 11.6 Å². The van der Waals surface area contributed by atoms with Crippen LogP contribution in [-0.4, -0.2) is 19.7 Å². The summed E-state index contributed by atoms with van der Waals surface area (Å²) in [6, 6.07) is 6.04. The van der Waals surface area contributed by atoms with Crippen LogP contribution in [0.15, 0.2) is 41.3 Å². The fraction of sp³-hybridized carbons (Fsp3) is 0.0714. The van der Waals surface area contributed by atoms with Crippen LogP contribution < -0.4 is 10.9 Å². The molecule has 0 bridgehead atoms. The molecule has 0 atom stereocenters. The highest BCUT2D eigenvalue weighted by Crippen LogP contribution is 2.20. The van der Waals surface area contributed by atoms with Crippen molar-refractivity contribution < 1.29 is 8.78 Å². The second kappa shape index (κ2) is 5.40. The van der Waals surface area contributed by atoms with Gasteiger partial charge in [-0.25, -0.2) is 8.78 Å². The van der Waals surface area contributed by atoms with Gasteiger partial charge in [-0.1, -0.05) is 0 Å². The van der Waals surface area contributed by atoms with Gasteiger partial charge < -0.3 is 9.88 Å². The Kier molecular flexibility index (Phi) is 3.42. The first-order chi connectivity index (χ1) is 10.5. The van der Waals surface area contributed by atoms with E-state index in [1.807, 2.05) is 0 Å². The number of nitrogens with zero attached hydrogens (tertiary/aromatic N) is 3. The molecule has 0 aliphatic rings. The first-order valence-electron chi connectivity index (χ1n) is 6.34. The lowest BCUT2D eigenvalue weighted by Gasteiger charge is -2.03. The standard InChI is InChI=1S/C14H11F2N5O/c1-21-7-8(2-5-12(21)22)13-18-14(20-19-13)17-11-6-9(15)3-4-10(11)16/h2-7H,1H3,(H2,17,18,19,20). The summed E-state index contributed by atoms with van der Waals surface area (Å²) in [4.78, 5) is 15.5. The monoisotopic (exact) mass is 303 g/mol. The predicted octanol–water partition coefficient (Wildman–Crippen LogP) is 2.19. The van der Waals surface area contributed by atoms with Crippen LogP contribution in [0.3, 0.4) is 0 Å². The Morgan fingerprint density at radius 1 is 1.23 bits per heavy atom. The van der Waals surface area contributed by atoms with Gasteiger partial charge >= 0.3 is 0 Å². The number of aromatic amines is 1. The summed E-state index contributed by atoms with van der Waals surface area (Å²) in [5.41, 5.74) is 0.428. The number of rotatable bonds is 3. The molecule has 3 aromatic rings. The van der Waals surface area contributed by atoms with Crippen molar-refractivity contribution in [2.45, 2.75) is 0 Å². The Morgan fingerprint density at radius 3 is 2.82 bits per heavy atom. The number of nitrogens with one attached hydrogen (secondary N) is 2. The van der Waals surface area contributed by atoms with E-state index in [-0.39, 0.29) is 17.2 Å². The van der Waals surface area contributed by atoms with Gasteiger partial charge in [-0.15, -0.1) is 5.10 Å². The van der Waals surface area contributed by atoms with Crippen molar-refractivity contribution in [2.24, 2.45) is 7.05 Å². The number of aryl methyl sites for hydroxylation is 1. The summed E-state index contributed by atoms with van der Waals surface area (Å²) in [5, 5.41) is 9.15. The predicted molar refractivity (Wildman–Crippen MR) is 76.7 cm³/mol. The molecule has 0 saturated heterocycles. The summed E-state index contributed by atoms with van der Waals surface area (Å²) in [6.07, 6.45) is 1.59. The number of halogens is 2. The van der Waals surface area contributed by atoms with Gasteiger partial charge in [-0.3, -0.25) is 9.89 Å². The zero-order chi connectivity index (χ0) is 15.7. The van der Waals surface area contributed by atoms with Gasteiger partial charge in [-0.2, -0.15) is 4.98 Å². The van der Waals surface area contributed by atoms with Crippen LogP contribution in [0.4, 0.5) is 20.4 Å². The highest BCUT2D eigenvalue weighted by molar-refractivity contribution is 5.58. The molecule has 22 heavy (non-hydrogen) atoms. The van der Waals surface area contributed by atoms with Gasteiger partial charge in [0.15, 0.2) is 5.82 Å². The van der Waals surface area contributed by atoms with Crippen molar-refractivity contribution in [1.29, 1.82) is 0 Å². The summed E-state index contributed by atoms with van der Waals surface area (Å²) < 4.78 is 28.1. The highest BCUT2D eigenvalue weighted by Gasteiger charge is 2.09. The molecule has 0 saturated carbocycles. The van der Waals surface area contributed by atoms with Crippen LogP contribution in [-0.2, 0) is 7.05 Å². The average Bonchev–Trinajstić information content (AvgIpc) is 2.94. The smallest absolute Gasteiger partial charge is 0.250 e. The van der Waals surface area contributed by atoms with Gasteiger partial charge in [-0.05, 0) is 18.2 Å². The molecule has 0 spiro atoms. The normalized spacial score (nSPS) is 10.7. The second-order valence-electron chi connectivity index (χ2n) is 4.62. The number of H-pyrrole nitrogens is 1. The average molecular weight is 303 g/mol. The molecule has 0 unspecified atom stereocenters. The minimum Gasteiger partial charge on any atom is -0.320 e. The van der Waals surface area contributed by atoms with Gasteiger partial charge in [0.2, 0.25) is 11.5 Å². The van der Waals surface area contributed by atoms with Crippen molar-refractivity contribution in [3.05, 3.63) is 58.5 Å². The summed E-state index contributed by atoms with van der Waals surface area (Å²) in [6.45, 7) is 0. The lowest BCUT2D eigenvalue weighted by atomic mass is 10.3. The lowest BCUT2D eigenvalue weighted by Crippen LogP contribution is -2.14. The maximum Gasteiger partial charge on any atom is 0.250 e. The summed E-state index contributed by atoms with van der Waals surface area (Å²) in [5.74, 6) is -0.698. The third kappa shape index (κ3) is 2.71. The van der Waals surface area contributed by atoms with Crippen molar-refractivity contribution in [1.82, 2.24) is 19.7 Å².